The molecular weight excluding hydrogens is 572 g/mol. The average Bonchev–Trinajstić information content (AvgIpc) is 3.26. The number of aryl methyl sites for hydroxylation is 1. The van der Waals surface area contributed by atoms with Gasteiger partial charge in [0, 0.05) is 34.6 Å². The maximum Gasteiger partial charge on any atom is 0.258 e. The molecule has 46 heavy (non-hydrogen) atoms. The van der Waals surface area contributed by atoms with Gasteiger partial charge in [-0.25, -0.2) is 0 Å². The third-order valence-corrected chi connectivity index (χ3v) is 7.95. The van der Waals surface area contributed by atoms with Crippen molar-refractivity contribution in [3.05, 3.63) is 138 Å². The number of nitrogens with one attached hydrogen (secondary N) is 3. The first kappa shape index (κ1) is 31.9. The molecule has 0 aromatic heterocycles. The van der Waals surface area contributed by atoms with E-state index in [1.54, 1.807) is 41.3 Å². The van der Waals surface area contributed by atoms with Gasteiger partial charge in [-0.15, -0.1) is 6.58 Å². The van der Waals surface area contributed by atoms with Crippen molar-refractivity contribution in [2.45, 2.75) is 32.6 Å². The van der Waals surface area contributed by atoms with Crippen LogP contribution in [0.25, 0.3) is 16.7 Å². The fraction of sp³-hybridized carbons (Fsp3) is 0.179. The van der Waals surface area contributed by atoms with Crippen LogP contribution in [0.2, 0.25) is 0 Å². The van der Waals surface area contributed by atoms with Crippen molar-refractivity contribution >= 4 is 40.4 Å². The normalized spacial score (nSPS) is 12.3. The summed E-state index contributed by atoms with van der Waals surface area (Å²) in [6.45, 7) is 6.37. The quantitative estimate of drug-likeness (QED) is 0.119. The summed E-state index contributed by atoms with van der Waals surface area (Å²) in [5.74, 6) is -0.555. The highest BCUT2D eigenvalue weighted by atomic mass is 16.2. The summed E-state index contributed by atoms with van der Waals surface area (Å²) < 4.78 is 0. The summed E-state index contributed by atoms with van der Waals surface area (Å²) >= 11 is 0. The average molecular weight is 611 g/mol. The third kappa shape index (κ3) is 7.74. The smallest absolute Gasteiger partial charge is 0.258 e. The summed E-state index contributed by atoms with van der Waals surface area (Å²) in [6.07, 6.45) is 5.81. The molecule has 1 aliphatic rings. The number of nitrogens with zero attached hydrogens (tertiary/aromatic N) is 1. The van der Waals surface area contributed by atoms with Crippen molar-refractivity contribution in [1.82, 2.24) is 5.32 Å². The first-order valence-electron chi connectivity index (χ1n) is 15.5. The molecule has 1 heterocycles. The molecule has 232 valence electrons. The lowest BCUT2D eigenvalue weighted by Crippen LogP contribution is -2.32. The highest BCUT2D eigenvalue weighted by Crippen LogP contribution is 2.33. The van der Waals surface area contributed by atoms with E-state index in [0.29, 0.717) is 48.3 Å². The van der Waals surface area contributed by atoms with Gasteiger partial charge >= 0.3 is 0 Å². The Hall–Kier alpha value is -5.56. The molecule has 0 saturated heterocycles. The zero-order valence-corrected chi connectivity index (χ0v) is 26.0. The molecule has 3 N–H and O–H groups in total. The number of rotatable bonds is 11. The summed E-state index contributed by atoms with van der Waals surface area (Å²) in [5, 5.41) is 13.8. The lowest BCUT2D eigenvalue weighted by atomic mass is 9.98. The number of carbonyl (C=O) groups excluding carboxylic acids is 3. The lowest BCUT2D eigenvalue weighted by Gasteiger charge is -2.24. The van der Waals surface area contributed by atoms with Gasteiger partial charge in [-0.2, -0.15) is 0 Å². The number of hydrogen-bond donors (Lipinski definition) is 3. The van der Waals surface area contributed by atoms with Gasteiger partial charge < -0.3 is 20.9 Å². The highest BCUT2D eigenvalue weighted by molar-refractivity contribution is 6.10. The van der Waals surface area contributed by atoms with Crippen LogP contribution in [0.4, 0.5) is 11.4 Å². The molecule has 0 fully saturated rings. The Kier molecular flexibility index (Phi) is 10.4. The predicted octanol–water partition coefficient (Wildman–Crippen LogP) is 7.84. The van der Waals surface area contributed by atoms with Crippen molar-refractivity contribution in [3.8, 4) is 11.1 Å². The van der Waals surface area contributed by atoms with Gasteiger partial charge in [0.15, 0.2) is 0 Å². The van der Waals surface area contributed by atoms with Gasteiger partial charge in [0.2, 0.25) is 5.91 Å². The van der Waals surface area contributed by atoms with Crippen molar-refractivity contribution < 1.29 is 14.4 Å². The van der Waals surface area contributed by atoms with Crippen LogP contribution in [0, 0.1) is 12.3 Å². The first-order valence-corrected chi connectivity index (χ1v) is 15.5. The Morgan fingerprint density at radius 3 is 2.33 bits per heavy atom. The number of fused-ring (bicyclic) bond motifs is 1. The van der Waals surface area contributed by atoms with Gasteiger partial charge in [-0.3, -0.25) is 14.4 Å². The number of hydrogen-bond acceptors (Lipinski definition) is 4. The van der Waals surface area contributed by atoms with E-state index in [1.807, 2.05) is 79.7 Å². The van der Waals surface area contributed by atoms with E-state index in [2.05, 4.69) is 17.2 Å². The fourth-order valence-corrected chi connectivity index (χ4v) is 5.48. The molecule has 7 heteroatoms. The minimum atomic E-state index is -0.229. The van der Waals surface area contributed by atoms with Crippen molar-refractivity contribution in [2.24, 2.45) is 0 Å². The maximum atomic E-state index is 13.8. The van der Waals surface area contributed by atoms with Crippen molar-refractivity contribution in [3.63, 3.8) is 0 Å². The molecule has 3 amide bonds. The van der Waals surface area contributed by atoms with Gasteiger partial charge in [0.25, 0.3) is 11.8 Å². The second-order valence-electron chi connectivity index (χ2n) is 11.3. The van der Waals surface area contributed by atoms with E-state index >= 15 is 0 Å². The number of anilines is 2. The fourth-order valence-electron chi connectivity index (χ4n) is 5.48. The van der Waals surface area contributed by atoms with E-state index in [-0.39, 0.29) is 30.7 Å². The molecule has 4 aromatic rings. The van der Waals surface area contributed by atoms with Crippen LogP contribution in [0.1, 0.15) is 57.5 Å². The Labute approximate surface area is 270 Å². The molecule has 1 aliphatic heterocycles. The Morgan fingerprint density at radius 2 is 1.59 bits per heavy atom. The van der Waals surface area contributed by atoms with Crippen LogP contribution in [0.3, 0.4) is 0 Å². The summed E-state index contributed by atoms with van der Waals surface area (Å²) in [4.78, 5) is 41.6. The van der Waals surface area contributed by atoms with E-state index in [1.165, 1.54) is 0 Å². The number of para-hydroxylation sites is 1. The lowest BCUT2D eigenvalue weighted by molar-refractivity contribution is -0.119. The standard InChI is InChI=1S/C39H38N4O3/c1-3-4-11-31(40)26-41-37(44)25-30-10-9-24-43(36-15-8-7-13-34(30)36)39(46)29-20-22-32(23-21-29)42-38(45)35-14-6-5-12-33(35)28-18-16-27(2)17-19-28/h3,5-8,10,12-23,40H,1,4,9,11,24-26H2,2H3,(H,41,44)(H,42,45). The molecule has 0 atom stereocenters. The zero-order chi connectivity index (χ0) is 32.5. The summed E-state index contributed by atoms with van der Waals surface area (Å²) in [7, 11) is 0. The maximum absolute atomic E-state index is 13.8. The zero-order valence-electron chi connectivity index (χ0n) is 26.0. The van der Waals surface area contributed by atoms with Crippen LogP contribution in [0.5, 0.6) is 0 Å². The molecule has 0 saturated carbocycles. The molecule has 0 aliphatic carbocycles. The highest BCUT2D eigenvalue weighted by Gasteiger charge is 2.24. The summed E-state index contributed by atoms with van der Waals surface area (Å²) in [6, 6.07) is 30.1. The molecule has 5 rings (SSSR count). The topological polar surface area (TPSA) is 102 Å². The third-order valence-electron chi connectivity index (χ3n) is 7.95. The van der Waals surface area contributed by atoms with E-state index in [9.17, 15) is 14.4 Å². The molecule has 0 unspecified atom stereocenters. The van der Waals surface area contributed by atoms with Crippen LogP contribution >= 0.6 is 0 Å². The van der Waals surface area contributed by atoms with E-state index in [4.69, 9.17) is 5.41 Å². The van der Waals surface area contributed by atoms with Crippen molar-refractivity contribution in [2.75, 3.05) is 23.3 Å². The number of allylic oxidation sites excluding steroid dienone is 1. The van der Waals surface area contributed by atoms with Gasteiger partial charge in [-0.1, -0.05) is 78.4 Å². The Balaban J connectivity index is 1.27. The van der Waals surface area contributed by atoms with Gasteiger partial charge in [0.05, 0.1) is 18.7 Å². The second-order valence-corrected chi connectivity index (χ2v) is 11.3. The monoisotopic (exact) mass is 610 g/mol. The first-order chi connectivity index (χ1) is 22.3. The molecule has 7 nitrogen and oxygen atoms in total. The molecule has 0 spiro atoms. The van der Waals surface area contributed by atoms with Crippen molar-refractivity contribution in [1.29, 1.82) is 5.41 Å². The summed E-state index contributed by atoms with van der Waals surface area (Å²) in [5.41, 5.74) is 7.49. The van der Waals surface area contributed by atoms with Crippen LogP contribution in [0.15, 0.2) is 116 Å². The van der Waals surface area contributed by atoms with Crippen LogP contribution in [-0.2, 0) is 4.79 Å². The van der Waals surface area contributed by atoms with E-state index < -0.39 is 0 Å². The Morgan fingerprint density at radius 1 is 0.891 bits per heavy atom. The number of carbonyl (C=O) groups is 3. The molecule has 4 aromatic carbocycles. The van der Waals surface area contributed by atoms with Gasteiger partial charge in [-0.05, 0) is 79.3 Å². The number of benzene rings is 4. The Bertz CT molecular complexity index is 1790. The molecule has 0 bridgehead atoms. The SMILES string of the molecule is C=CCCC(=N)CNC(=O)CC1=CCCN(C(=O)c2ccc(NC(=O)c3ccccc3-c3ccc(C)cc3)cc2)c2ccccc21. The van der Waals surface area contributed by atoms with E-state index in [0.717, 1.165) is 33.5 Å². The minimum absolute atomic E-state index is 0.162. The molecular formula is C39H38N4O3. The van der Waals surface area contributed by atoms with Gasteiger partial charge in [0.1, 0.15) is 0 Å². The molecule has 0 radical (unpaired) electrons. The second kappa shape index (κ2) is 14.9. The largest absolute Gasteiger partial charge is 0.351 e. The minimum Gasteiger partial charge on any atom is -0.351 e. The number of amides is 3. The van der Waals surface area contributed by atoms with Crippen LogP contribution in [-0.4, -0.2) is 36.5 Å². The van der Waals surface area contributed by atoms with Crippen LogP contribution < -0.4 is 15.5 Å². The predicted molar refractivity (Wildman–Crippen MR) is 187 cm³/mol.